The van der Waals surface area contributed by atoms with Gasteiger partial charge >= 0.3 is 0 Å². The van der Waals surface area contributed by atoms with Gasteiger partial charge in [0.2, 0.25) is 0 Å². The first kappa shape index (κ1) is 14.2. The Kier molecular flexibility index (Phi) is 4.70. The van der Waals surface area contributed by atoms with Crippen LogP contribution in [0.3, 0.4) is 0 Å². The Morgan fingerprint density at radius 3 is 2.58 bits per heavy atom. The van der Waals surface area contributed by atoms with Crippen molar-refractivity contribution < 1.29 is 9.84 Å². The minimum absolute atomic E-state index is 0.436. The summed E-state index contributed by atoms with van der Waals surface area (Å²) in [4.78, 5) is 0. The molecule has 0 aromatic heterocycles. The molecule has 1 N–H and O–H groups in total. The molecule has 0 bridgehead atoms. The first-order valence-corrected chi connectivity index (χ1v) is 6.62. The zero-order valence-electron chi connectivity index (χ0n) is 10.4. The van der Waals surface area contributed by atoms with Crippen molar-refractivity contribution in [3.05, 3.63) is 63.6 Å². The Morgan fingerprint density at radius 1 is 1.16 bits per heavy atom. The van der Waals surface area contributed by atoms with E-state index in [0.717, 1.165) is 11.3 Å². The van der Waals surface area contributed by atoms with Crippen molar-refractivity contribution in [2.24, 2.45) is 0 Å². The highest BCUT2D eigenvalue weighted by Gasteiger charge is 2.14. The summed E-state index contributed by atoms with van der Waals surface area (Å²) in [6, 6.07) is 12.7. The third-order valence-electron chi connectivity index (χ3n) is 2.93. The molecule has 0 fully saturated rings. The third-order valence-corrected chi connectivity index (χ3v) is 3.49. The third kappa shape index (κ3) is 3.41. The molecule has 19 heavy (non-hydrogen) atoms. The van der Waals surface area contributed by atoms with Crippen LogP contribution in [0.1, 0.15) is 17.2 Å². The van der Waals surface area contributed by atoms with Gasteiger partial charge in [-0.3, -0.25) is 0 Å². The largest absolute Gasteiger partial charge is 0.496 e. The summed E-state index contributed by atoms with van der Waals surface area (Å²) in [5.41, 5.74) is 1.60. The number of hydrogen-bond acceptors (Lipinski definition) is 2. The average Bonchev–Trinajstić information content (AvgIpc) is 2.39. The maximum absolute atomic E-state index is 10.3. The van der Waals surface area contributed by atoms with Crippen LogP contribution in [0.25, 0.3) is 0 Å². The SMILES string of the molecule is COc1ccccc1CC(O)c1ccc(Cl)cc1Cl. The number of halogens is 2. The number of aliphatic hydroxyl groups excluding tert-OH is 1. The Bertz CT molecular complexity index is 570. The summed E-state index contributed by atoms with van der Waals surface area (Å²) in [5, 5.41) is 11.3. The van der Waals surface area contributed by atoms with Crippen LogP contribution in [0.4, 0.5) is 0 Å². The highest BCUT2D eigenvalue weighted by molar-refractivity contribution is 6.35. The molecule has 2 aromatic carbocycles. The Labute approximate surface area is 122 Å². The van der Waals surface area contributed by atoms with E-state index in [1.54, 1.807) is 25.3 Å². The molecule has 1 atom stereocenters. The molecule has 0 radical (unpaired) electrons. The van der Waals surface area contributed by atoms with Crippen molar-refractivity contribution in [2.75, 3.05) is 7.11 Å². The molecule has 0 aliphatic rings. The van der Waals surface area contributed by atoms with E-state index < -0.39 is 6.10 Å². The zero-order valence-corrected chi connectivity index (χ0v) is 11.9. The summed E-state index contributed by atoms with van der Waals surface area (Å²) in [6.45, 7) is 0. The van der Waals surface area contributed by atoms with Crippen molar-refractivity contribution in [3.8, 4) is 5.75 Å². The van der Waals surface area contributed by atoms with Gasteiger partial charge in [0, 0.05) is 16.5 Å². The van der Waals surface area contributed by atoms with Gasteiger partial charge in [0.25, 0.3) is 0 Å². The molecule has 2 rings (SSSR count). The molecule has 0 amide bonds. The average molecular weight is 297 g/mol. The maximum atomic E-state index is 10.3. The number of aliphatic hydroxyl groups is 1. The molecule has 2 aromatic rings. The highest BCUT2D eigenvalue weighted by Crippen LogP contribution is 2.30. The number of para-hydroxylation sites is 1. The van der Waals surface area contributed by atoms with Crippen LogP contribution in [0, 0.1) is 0 Å². The molecular weight excluding hydrogens is 283 g/mol. The van der Waals surface area contributed by atoms with Gasteiger partial charge in [0.1, 0.15) is 5.75 Å². The second-order valence-electron chi connectivity index (χ2n) is 4.20. The van der Waals surface area contributed by atoms with Crippen LogP contribution >= 0.6 is 23.2 Å². The number of hydrogen-bond donors (Lipinski definition) is 1. The summed E-state index contributed by atoms with van der Waals surface area (Å²) >= 11 is 11.9. The highest BCUT2D eigenvalue weighted by atomic mass is 35.5. The van der Waals surface area contributed by atoms with E-state index in [2.05, 4.69) is 0 Å². The number of ether oxygens (including phenoxy) is 1. The predicted molar refractivity (Wildman–Crippen MR) is 78.1 cm³/mol. The fourth-order valence-electron chi connectivity index (χ4n) is 1.96. The standard InChI is InChI=1S/C15H14Cl2O2/c1-19-15-5-3-2-4-10(15)8-14(18)12-7-6-11(16)9-13(12)17/h2-7,9,14,18H,8H2,1H3. The molecule has 0 saturated heterocycles. The van der Waals surface area contributed by atoms with Crippen molar-refractivity contribution in [1.29, 1.82) is 0 Å². The second kappa shape index (κ2) is 6.29. The van der Waals surface area contributed by atoms with Crippen LogP contribution in [0.15, 0.2) is 42.5 Å². The second-order valence-corrected chi connectivity index (χ2v) is 5.04. The zero-order chi connectivity index (χ0) is 13.8. The van der Waals surface area contributed by atoms with Gasteiger partial charge in [-0.15, -0.1) is 0 Å². The van der Waals surface area contributed by atoms with E-state index in [0.29, 0.717) is 22.0 Å². The Hall–Kier alpha value is -1.22. The van der Waals surface area contributed by atoms with Crippen LogP contribution in [0.2, 0.25) is 10.0 Å². The van der Waals surface area contributed by atoms with E-state index in [-0.39, 0.29) is 0 Å². The molecule has 100 valence electrons. The van der Waals surface area contributed by atoms with Crippen LogP contribution in [0.5, 0.6) is 5.75 Å². The predicted octanol–water partition coefficient (Wildman–Crippen LogP) is 4.28. The molecule has 0 heterocycles. The molecule has 0 spiro atoms. The molecule has 1 unspecified atom stereocenters. The monoisotopic (exact) mass is 296 g/mol. The molecule has 2 nitrogen and oxygen atoms in total. The van der Waals surface area contributed by atoms with E-state index in [1.807, 2.05) is 24.3 Å². The summed E-state index contributed by atoms with van der Waals surface area (Å²) < 4.78 is 5.27. The maximum Gasteiger partial charge on any atom is 0.122 e. The topological polar surface area (TPSA) is 29.5 Å². The molecule has 0 aliphatic heterocycles. The fourth-order valence-corrected chi connectivity index (χ4v) is 2.50. The lowest BCUT2D eigenvalue weighted by molar-refractivity contribution is 0.177. The Balaban J connectivity index is 2.23. The van der Waals surface area contributed by atoms with Crippen molar-refractivity contribution >= 4 is 23.2 Å². The normalized spacial score (nSPS) is 12.2. The lowest BCUT2D eigenvalue weighted by Gasteiger charge is -2.15. The number of methoxy groups -OCH3 is 1. The minimum Gasteiger partial charge on any atom is -0.496 e. The van der Waals surface area contributed by atoms with Gasteiger partial charge in [0.15, 0.2) is 0 Å². The van der Waals surface area contributed by atoms with Crippen LogP contribution < -0.4 is 4.74 Å². The van der Waals surface area contributed by atoms with Gasteiger partial charge in [-0.1, -0.05) is 47.5 Å². The molecule has 0 aliphatic carbocycles. The smallest absolute Gasteiger partial charge is 0.122 e. The van der Waals surface area contributed by atoms with Crippen LogP contribution in [-0.4, -0.2) is 12.2 Å². The number of rotatable bonds is 4. The molecule has 4 heteroatoms. The van der Waals surface area contributed by atoms with Crippen molar-refractivity contribution in [2.45, 2.75) is 12.5 Å². The summed E-state index contributed by atoms with van der Waals surface area (Å²) in [6.07, 6.45) is -0.258. The lowest BCUT2D eigenvalue weighted by Crippen LogP contribution is -2.04. The lowest BCUT2D eigenvalue weighted by atomic mass is 10.0. The van der Waals surface area contributed by atoms with Gasteiger partial charge < -0.3 is 9.84 Å². The van der Waals surface area contributed by atoms with Gasteiger partial charge in [-0.05, 0) is 29.3 Å². The number of benzene rings is 2. The van der Waals surface area contributed by atoms with E-state index >= 15 is 0 Å². The molecular formula is C15H14Cl2O2. The van der Waals surface area contributed by atoms with Crippen molar-refractivity contribution in [3.63, 3.8) is 0 Å². The first-order valence-electron chi connectivity index (χ1n) is 5.86. The summed E-state index contributed by atoms with van der Waals surface area (Å²) in [5.74, 6) is 0.756. The summed E-state index contributed by atoms with van der Waals surface area (Å²) in [7, 11) is 1.61. The van der Waals surface area contributed by atoms with Crippen LogP contribution in [-0.2, 0) is 6.42 Å². The quantitative estimate of drug-likeness (QED) is 0.912. The first-order chi connectivity index (χ1) is 9.11. The van der Waals surface area contributed by atoms with E-state index in [1.165, 1.54) is 0 Å². The molecule has 0 saturated carbocycles. The van der Waals surface area contributed by atoms with Gasteiger partial charge in [-0.2, -0.15) is 0 Å². The fraction of sp³-hybridized carbons (Fsp3) is 0.200. The van der Waals surface area contributed by atoms with Gasteiger partial charge in [0.05, 0.1) is 13.2 Å². The van der Waals surface area contributed by atoms with Crippen molar-refractivity contribution in [1.82, 2.24) is 0 Å². The minimum atomic E-state index is -0.693. The van der Waals surface area contributed by atoms with E-state index in [4.69, 9.17) is 27.9 Å². The van der Waals surface area contributed by atoms with E-state index in [9.17, 15) is 5.11 Å². The Morgan fingerprint density at radius 2 is 1.89 bits per heavy atom. The van der Waals surface area contributed by atoms with Gasteiger partial charge in [-0.25, -0.2) is 0 Å².